The number of aromatic hydroxyl groups is 1. The van der Waals surface area contributed by atoms with E-state index in [0.29, 0.717) is 23.9 Å². The fourth-order valence-electron chi connectivity index (χ4n) is 2.87. The highest BCUT2D eigenvalue weighted by Gasteiger charge is 2.31. The molecule has 2 aromatic rings. The van der Waals surface area contributed by atoms with Gasteiger partial charge in [-0.15, -0.1) is 0 Å². The maximum Gasteiger partial charge on any atom is 0.257 e. The second-order valence-electron chi connectivity index (χ2n) is 6.16. The lowest BCUT2D eigenvalue weighted by Gasteiger charge is -2.17. The van der Waals surface area contributed by atoms with Crippen molar-refractivity contribution >= 4 is 5.91 Å². The smallest absolute Gasteiger partial charge is 0.257 e. The predicted molar refractivity (Wildman–Crippen MR) is 83.1 cm³/mol. The van der Waals surface area contributed by atoms with Crippen molar-refractivity contribution in [2.24, 2.45) is 0 Å². The van der Waals surface area contributed by atoms with Gasteiger partial charge in [-0.05, 0) is 26.3 Å². The number of aromatic nitrogens is 1. The first-order valence-electron chi connectivity index (χ1n) is 7.98. The molecule has 1 N–H and O–H groups in total. The van der Waals surface area contributed by atoms with Crippen LogP contribution >= 0.6 is 0 Å². The van der Waals surface area contributed by atoms with E-state index < -0.39 is 34.7 Å². The van der Waals surface area contributed by atoms with Gasteiger partial charge in [-0.3, -0.25) is 4.79 Å². The Kier molecular flexibility index (Phi) is 4.90. The summed E-state index contributed by atoms with van der Waals surface area (Å²) in [6, 6.07) is 0.449. The maximum absolute atomic E-state index is 13.9. The molecule has 1 aliphatic rings. The fourth-order valence-corrected chi connectivity index (χ4v) is 2.87. The Hall–Kier alpha value is -2.55. The van der Waals surface area contributed by atoms with Crippen molar-refractivity contribution in [1.29, 1.82) is 0 Å². The Morgan fingerprint density at radius 1 is 1.38 bits per heavy atom. The van der Waals surface area contributed by atoms with E-state index in [4.69, 9.17) is 9.26 Å². The predicted octanol–water partition coefficient (Wildman–Crippen LogP) is 2.85. The SMILES string of the molecule is Cc1noc(C)c1COC1CCN(C(=O)c2cc(F)c(F)c(O)c2F)C1. The molecule has 1 atom stereocenters. The third-order valence-electron chi connectivity index (χ3n) is 4.44. The summed E-state index contributed by atoms with van der Waals surface area (Å²) in [4.78, 5) is 13.6. The molecule has 0 radical (unpaired) electrons. The van der Waals surface area contributed by atoms with Crippen LogP contribution in [0.2, 0.25) is 0 Å². The van der Waals surface area contributed by atoms with Crippen LogP contribution in [0, 0.1) is 31.3 Å². The van der Waals surface area contributed by atoms with Crippen LogP contribution in [0.3, 0.4) is 0 Å². The van der Waals surface area contributed by atoms with E-state index >= 15 is 0 Å². The number of rotatable bonds is 4. The Morgan fingerprint density at radius 3 is 2.77 bits per heavy atom. The summed E-state index contributed by atoms with van der Waals surface area (Å²) in [5.74, 6) is -6.38. The van der Waals surface area contributed by atoms with Crippen molar-refractivity contribution in [2.45, 2.75) is 33.0 Å². The average Bonchev–Trinajstić information content (AvgIpc) is 3.21. The first kappa shape index (κ1) is 18.2. The normalized spacial score (nSPS) is 17.1. The Morgan fingerprint density at radius 2 is 2.12 bits per heavy atom. The number of likely N-dealkylation sites (tertiary alicyclic amines) is 1. The minimum absolute atomic E-state index is 0.168. The zero-order chi connectivity index (χ0) is 19.0. The molecule has 0 saturated carbocycles. The number of halogens is 3. The van der Waals surface area contributed by atoms with E-state index in [1.807, 2.05) is 0 Å². The maximum atomic E-state index is 13.9. The second kappa shape index (κ2) is 6.99. The molecule has 1 fully saturated rings. The quantitative estimate of drug-likeness (QED) is 0.838. The van der Waals surface area contributed by atoms with E-state index in [1.54, 1.807) is 13.8 Å². The number of hydrogen-bond acceptors (Lipinski definition) is 5. The number of phenols is 1. The Labute approximate surface area is 147 Å². The van der Waals surface area contributed by atoms with Gasteiger partial charge in [0.05, 0.1) is 24.0 Å². The van der Waals surface area contributed by atoms with Crippen molar-refractivity contribution in [3.8, 4) is 5.75 Å². The van der Waals surface area contributed by atoms with Crippen molar-refractivity contribution in [3.63, 3.8) is 0 Å². The molecule has 2 heterocycles. The fraction of sp³-hybridized carbons (Fsp3) is 0.412. The van der Waals surface area contributed by atoms with Crippen LogP contribution in [0.15, 0.2) is 10.6 Å². The van der Waals surface area contributed by atoms with Gasteiger partial charge in [0.1, 0.15) is 5.76 Å². The van der Waals surface area contributed by atoms with Gasteiger partial charge < -0.3 is 19.3 Å². The van der Waals surface area contributed by atoms with Crippen LogP contribution in [-0.2, 0) is 11.3 Å². The van der Waals surface area contributed by atoms with Crippen LogP contribution in [0.5, 0.6) is 5.75 Å². The number of nitrogens with zero attached hydrogens (tertiary/aromatic N) is 2. The molecule has 1 saturated heterocycles. The van der Waals surface area contributed by atoms with E-state index in [1.165, 1.54) is 4.90 Å². The molecule has 1 aromatic heterocycles. The zero-order valence-electron chi connectivity index (χ0n) is 14.2. The number of ether oxygens (including phenoxy) is 1. The van der Waals surface area contributed by atoms with Gasteiger partial charge in [0.25, 0.3) is 5.91 Å². The molecule has 0 aliphatic carbocycles. The first-order chi connectivity index (χ1) is 12.3. The number of hydrogen-bond donors (Lipinski definition) is 1. The Balaban J connectivity index is 1.66. The van der Waals surface area contributed by atoms with Crippen LogP contribution in [0.4, 0.5) is 13.2 Å². The summed E-state index contributed by atoms with van der Waals surface area (Å²) < 4.78 is 51.2. The summed E-state index contributed by atoms with van der Waals surface area (Å²) in [5.41, 5.74) is 0.826. The van der Waals surface area contributed by atoms with Crippen molar-refractivity contribution < 1.29 is 32.3 Å². The molecule has 26 heavy (non-hydrogen) atoms. The minimum Gasteiger partial charge on any atom is -0.503 e. The molecule has 6 nitrogen and oxygen atoms in total. The van der Waals surface area contributed by atoms with E-state index in [2.05, 4.69) is 5.16 Å². The van der Waals surface area contributed by atoms with Gasteiger partial charge in [-0.25, -0.2) is 8.78 Å². The summed E-state index contributed by atoms with van der Waals surface area (Å²) in [7, 11) is 0. The average molecular weight is 370 g/mol. The molecule has 1 unspecified atom stereocenters. The highest BCUT2D eigenvalue weighted by molar-refractivity contribution is 5.95. The lowest BCUT2D eigenvalue weighted by Crippen LogP contribution is -2.31. The van der Waals surface area contributed by atoms with Gasteiger partial charge in [0.2, 0.25) is 5.82 Å². The number of phenolic OH excluding ortho intramolecular Hbond substituents is 1. The minimum atomic E-state index is -1.72. The number of carbonyl (C=O) groups excluding carboxylic acids is 1. The zero-order valence-corrected chi connectivity index (χ0v) is 14.2. The molecule has 9 heteroatoms. The number of benzene rings is 1. The largest absolute Gasteiger partial charge is 0.503 e. The molecule has 1 amide bonds. The molecular formula is C17H17F3N2O4. The van der Waals surface area contributed by atoms with E-state index in [9.17, 15) is 23.1 Å². The lowest BCUT2D eigenvalue weighted by molar-refractivity contribution is 0.0429. The third-order valence-corrected chi connectivity index (χ3v) is 4.44. The standard InChI is InChI=1S/C17H17F3N2O4/c1-8-12(9(2)26-21-8)7-25-10-3-4-22(6-10)17(24)11-5-13(18)15(20)16(23)14(11)19/h5,10,23H,3-4,6-7H2,1-2H3. The van der Waals surface area contributed by atoms with Crippen LogP contribution in [-0.4, -0.2) is 40.3 Å². The molecule has 1 aliphatic heterocycles. The van der Waals surface area contributed by atoms with Crippen LogP contribution < -0.4 is 0 Å². The lowest BCUT2D eigenvalue weighted by atomic mass is 10.1. The summed E-state index contributed by atoms with van der Waals surface area (Å²) in [6.07, 6.45) is 0.210. The monoisotopic (exact) mass is 370 g/mol. The molecule has 0 bridgehead atoms. The molecule has 3 rings (SSSR count). The van der Waals surface area contributed by atoms with Gasteiger partial charge in [-0.1, -0.05) is 5.16 Å². The van der Waals surface area contributed by atoms with Crippen LogP contribution in [0.25, 0.3) is 0 Å². The molecular weight excluding hydrogens is 353 g/mol. The molecule has 1 aromatic carbocycles. The highest BCUT2D eigenvalue weighted by atomic mass is 19.2. The number of carbonyl (C=O) groups is 1. The number of aryl methyl sites for hydroxylation is 2. The van der Waals surface area contributed by atoms with Crippen LogP contribution in [0.1, 0.15) is 33.8 Å². The topological polar surface area (TPSA) is 75.8 Å². The Bertz CT molecular complexity index is 834. The van der Waals surface area contributed by atoms with Gasteiger partial charge in [-0.2, -0.15) is 4.39 Å². The summed E-state index contributed by atoms with van der Waals surface area (Å²) in [6.45, 7) is 4.25. The summed E-state index contributed by atoms with van der Waals surface area (Å²) in [5, 5.41) is 13.1. The third kappa shape index (κ3) is 3.26. The molecule has 0 spiro atoms. The van der Waals surface area contributed by atoms with Gasteiger partial charge in [0, 0.05) is 18.7 Å². The number of amides is 1. The summed E-state index contributed by atoms with van der Waals surface area (Å²) >= 11 is 0. The second-order valence-corrected chi connectivity index (χ2v) is 6.16. The van der Waals surface area contributed by atoms with Gasteiger partial charge >= 0.3 is 0 Å². The first-order valence-corrected chi connectivity index (χ1v) is 7.98. The van der Waals surface area contributed by atoms with Crippen molar-refractivity contribution in [1.82, 2.24) is 10.1 Å². The molecule has 140 valence electrons. The van der Waals surface area contributed by atoms with E-state index in [0.717, 1.165) is 5.56 Å². The highest BCUT2D eigenvalue weighted by Crippen LogP contribution is 2.28. The van der Waals surface area contributed by atoms with E-state index in [-0.39, 0.29) is 25.8 Å². The van der Waals surface area contributed by atoms with Crippen molar-refractivity contribution in [2.75, 3.05) is 13.1 Å². The van der Waals surface area contributed by atoms with Crippen molar-refractivity contribution in [3.05, 3.63) is 46.1 Å². The van der Waals surface area contributed by atoms with Gasteiger partial charge in [0.15, 0.2) is 17.4 Å².